The number of thioether (sulfide) groups is 1. The SMILES string of the molecule is CCc1ccc(NC(=O)C(CC)Sc2nc3cc(OC)c(OC)cc3c(=O)n2CCc2ccc(OC)c(OC)c2)cc1. The standard InChI is InChI=1S/C32H37N3O6S/c1-7-20-9-12-22(13-10-20)33-30(36)29(8-2)42-32-34-24-19-28(41-6)27(40-5)18-23(24)31(37)35(32)16-15-21-11-14-25(38-3)26(17-21)39-4/h9-14,17-19,29H,7-8,15-16H2,1-6H3,(H,33,36). The van der Waals surface area contributed by atoms with Gasteiger partial charge in [-0.15, -0.1) is 0 Å². The fourth-order valence-electron chi connectivity index (χ4n) is 4.59. The Kier molecular flexibility index (Phi) is 10.4. The molecule has 42 heavy (non-hydrogen) atoms. The van der Waals surface area contributed by atoms with Gasteiger partial charge in [-0.05, 0) is 60.7 Å². The maximum absolute atomic E-state index is 13.9. The van der Waals surface area contributed by atoms with Crippen molar-refractivity contribution in [3.8, 4) is 23.0 Å². The molecule has 0 saturated carbocycles. The zero-order chi connectivity index (χ0) is 30.2. The van der Waals surface area contributed by atoms with E-state index >= 15 is 0 Å². The molecule has 10 heteroatoms. The van der Waals surface area contributed by atoms with Crippen molar-refractivity contribution in [2.45, 2.75) is 50.1 Å². The number of anilines is 1. The van der Waals surface area contributed by atoms with Crippen molar-refractivity contribution in [1.29, 1.82) is 0 Å². The molecule has 1 unspecified atom stereocenters. The van der Waals surface area contributed by atoms with E-state index in [1.54, 1.807) is 30.9 Å². The quantitative estimate of drug-likeness (QED) is 0.155. The van der Waals surface area contributed by atoms with Crippen LogP contribution >= 0.6 is 11.8 Å². The number of fused-ring (bicyclic) bond motifs is 1. The Bertz CT molecular complexity index is 1600. The van der Waals surface area contributed by atoms with Crippen molar-refractivity contribution in [2.24, 2.45) is 0 Å². The molecule has 1 N–H and O–H groups in total. The molecule has 0 aliphatic carbocycles. The van der Waals surface area contributed by atoms with Gasteiger partial charge in [0.15, 0.2) is 28.2 Å². The van der Waals surface area contributed by atoms with Gasteiger partial charge in [0.2, 0.25) is 5.91 Å². The summed E-state index contributed by atoms with van der Waals surface area (Å²) in [4.78, 5) is 32.1. The second-order valence-corrected chi connectivity index (χ2v) is 10.7. The predicted octanol–water partition coefficient (Wildman–Crippen LogP) is 5.75. The summed E-state index contributed by atoms with van der Waals surface area (Å²) in [5.41, 5.74) is 3.12. The lowest BCUT2D eigenvalue weighted by Gasteiger charge is -2.19. The van der Waals surface area contributed by atoms with E-state index in [0.29, 0.717) is 58.4 Å². The minimum Gasteiger partial charge on any atom is -0.493 e. The van der Waals surface area contributed by atoms with Gasteiger partial charge in [0.25, 0.3) is 5.56 Å². The van der Waals surface area contributed by atoms with Gasteiger partial charge in [0, 0.05) is 18.3 Å². The van der Waals surface area contributed by atoms with Crippen molar-refractivity contribution in [3.63, 3.8) is 0 Å². The van der Waals surface area contributed by atoms with Gasteiger partial charge in [-0.2, -0.15) is 0 Å². The number of amides is 1. The Morgan fingerprint density at radius 2 is 1.48 bits per heavy atom. The van der Waals surface area contributed by atoms with Crippen molar-refractivity contribution in [3.05, 3.63) is 76.1 Å². The first-order chi connectivity index (χ1) is 20.3. The van der Waals surface area contributed by atoms with E-state index in [2.05, 4.69) is 12.2 Å². The summed E-state index contributed by atoms with van der Waals surface area (Å²) >= 11 is 1.27. The average Bonchev–Trinajstić information content (AvgIpc) is 3.02. The first-order valence-electron chi connectivity index (χ1n) is 13.8. The van der Waals surface area contributed by atoms with Crippen molar-refractivity contribution >= 4 is 34.3 Å². The number of nitrogens with zero attached hydrogens (tertiary/aromatic N) is 2. The smallest absolute Gasteiger partial charge is 0.262 e. The van der Waals surface area contributed by atoms with Crippen LogP contribution in [0.3, 0.4) is 0 Å². The largest absolute Gasteiger partial charge is 0.493 e. The first-order valence-corrected chi connectivity index (χ1v) is 14.7. The number of ether oxygens (including phenoxy) is 4. The summed E-state index contributed by atoms with van der Waals surface area (Å²) in [7, 11) is 6.24. The summed E-state index contributed by atoms with van der Waals surface area (Å²) in [6.07, 6.45) is 1.99. The number of methoxy groups -OCH3 is 4. The number of benzene rings is 3. The summed E-state index contributed by atoms with van der Waals surface area (Å²) in [5.74, 6) is 2.00. The van der Waals surface area contributed by atoms with E-state index in [9.17, 15) is 9.59 Å². The highest BCUT2D eigenvalue weighted by Crippen LogP contribution is 2.33. The van der Waals surface area contributed by atoms with Crippen LogP contribution in [0.4, 0.5) is 5.69 Å². The van der Waals surface area contributed by atoms with Crippen molar-refractivity contribution < 1.29 is 23.7 Å². The molecule has 0 saturated heterocycles. The Morgan fingerprint density at radius 1 is 0.857 bits per heavy atom. The van der Waals surface area contributed by atoms with Gasteiger partial charge in [0.05, 0.1) is 44.6 Å². The van der Waals surface area contributed by atoms with Gasteiger partial charge in [-0.3, -0.25) is 14.2 Å². The number of rotatable bonds is 13. The molecule has 3 aromatic carbocycles. The van der Waals surface area contributed by atoms with Crippen LogP contribution in [-0.4, -0.2) is 49.1 Å². The molecule has 0 aliphatic heterocycles. The predicted molar refractivity (Wildman–Crippen MR) is 167 cm³/mol. The average molecular weight is 592 g/mol. The van der Waals surface area contributed by atoms with E-state index in [4.69, 9.17) is 23.9 Å². The molecule has 0 radical (unpaired) electrons. The molecule has 1 amide bonds. The van der Waals surface area contributed by atoms with Gasteiger partial charge in [0.1, 0.15) is 0 Å². The van der Waals surface area contributed by atoms with Gasteiger partial charge in [-0.1, -0.05) is 43.8 Å². The normalized spacial score (nSPS) is 11.7. The maximum atomic E-state index is 13.9. The Labute approximate surface area is 250 Å². The van der Waals surface area contributed by atoms with Gasteiger partial charge < -0.3 is 24.3 Å². The summed E-state index contributed by atoms with van der Waals surface area (Å²) in [6, 6.07) is 16.8. The Hall–Kier alpha value is -4.18. The molecule has 0 spiro atoms. The molecule has 4 rings (SSSR count). The van der Waals surface area contributed by atoms with E-state index in [1.165, 1.54) is 31.5 Å². The zero-order valence-corrected chi connectivity index (χ0v) is 25.7. The summed E-state index contributed by atoms with van der Waals surface area (Å²) in [6.45, 7) is 4.37. The van der Waals surface area contributed by atoms with Crippen LogP contribution in [0.25, 0.3) is 10.9 Å². The molecule has 9 nitrogen and oxygen atoms in total. The van der Waals surface area contributed by atoms with Crippen LogP contribution in [0.2, 0.25) is 0 Å². The van der Waals surface area contributed by atoms with Crippen LogP contribution in [0.5, 0.6) is 23.0 Å². The number of carbonyl (C=O) groups excluding carboxylic acids is 1. The second-order valence-electron chi connectivity index (χ2n) is 9.57. The maximum Gasteiger partial charge on any atom is 0.262 e. The zero-order valence-electron chi connectivity index (χ0n) is 24.9. The molecule has 1 heterocycles. The molecular formula is C32H37N3O6S. The van der Waals surface area contributed by atoms with Crippen LogP contribution in [0.1, 0.15) is 31.4 Å². The summed E-state index contributed by atoms with van der Waals surface area (Å²) in [5, 5.41) is 3.38. The molecule has 0 bridgehead atoms. The third kappa shape index (κ3) is 6.82. The van der Waals surface area contributed by atoms with Crippen LogP contribution in [0, 0.1) is 0 Å². The number of hydrogen-bond donors (Lipinski definition) is 1. The third-order valence-corrected chi connectivity index (χ3v) is 8.39. The molecule has 222 valence electrons. The fraction of sp³-hybridized carbons (Fsp3) is 0.344. The summed E-state index contributed by atoms with van der Waals surface area (Å²) < 4.78 is 23.3. The van der Waals surface area contributed by atoms with Crippen LogP contribution < -0.4 is 29.8 Å². The Morgan fingerprint density at radius 3 is 2.10 bits per heavy atom. The molecule has 0 fully saturated rings. The van der Waals surface area contributed by atoms with Gasteiger partial charge >= 0.3 is 0 Å². The molecule has 1 aromatic heterocycles. The van der Waals surface area contributed by atoms with Crippen LogP contribution in [-0.2, 0) is 24.2 Å². The minimum atomic E-state index is -0.479. The fourth-order valence-corrected chi connectivity index (χ4v) is 5.63. The number of hydrogen-bond acceptors (Lipinski definition) is 8. The number of nitrogens with one attached hydrogen (secondary N) is 1. The molecule has 0 aliphatic rings. The minimum absolute atomic E-state index is 0.153. The lowest BCUT2D eigenvalue weighted by Crippen LogP contribution is -2.28. The van der Waals surface area contributed by atoms with E-state index < -0.39 is 5.25 Å². The number of aromatic nitrogens is 2. The second kappa shape index (κ2) is 14.1. The number of carbonyl (C=O) groups is 1. The molecule has 1 atom stereocenters. The molecule has 4 aromatic rings. The highest BCUT2D eigenvalue weighted by atomic mass is 32.2. The Balaban J connectivity index is 1.71. The van der Waals surface area contributed by atoms with Crippen LogP contribution in [0.15, 0.2) is 64.5 Å². The topological polar surface area (TPSA) is 101 Å². The van der Waals surface area contributed by atoms with E-state index in [1.807, 2.05) is 49.4 Å². The van der Waals surface area contributed by atoms with Crippen molar-refractivity contribution in [1.82, 2.24) is 9.55 Å². The van der Waals surface area contributed by atoms with E-state index in [-0.39, 0.29) is 11.5 Å². The molecular weight excluding hydrogens is 554 g/mol. The lowest BCUT2D eigenvalue weighted by atomic mass is 10.1. The highest BCUT2D eigenvalue weighted by Gasteiger charge is 2.23. The van der Waals surface area contributed by atoms with Gasteiger partial charge in [-0.25, -0.2) is 4.98 Å². The number of aryl methyl sites for hydroxylation is 2. The highest BCUT2D eigenvalue weighted by molar-refractivity contribution is 8.00. The monoisotopic (exact) mass is 591 g/mol. The third-order valence-electron chi connectivity index (χ3n) is 7.04. The van der Waals surface area contributed by atoms with Crippen molar-refractivity contribution in [2.75, 3.05) is 33.8 Å². The first kappa shape index (κ1) is 30.8. The van der Waals surface area contributed by atoms with E-state index in [0.717, 1.165) is 17.7 Å². The lowest BCUT2D eigenvalue weighted by molar-refractivity contribution is -0.115.